The molecule has 0 radical (unpaired) electrons. The summed E-state index contributed by atoms with van der Waals surface area (Å²) in [5.41, 5.74) is 2.83. The minimum absolute atomic E-state index is 0.0893. The maximum atomic E-state index is 13.4. The predicted molar refractivity (Wildman–Crippen MR) is 246 cm³/mol. The van der Waals surface area contributed by atoms with Gasteiger partial charge in [0.25, 0.3) is 23.3 Å². The van der Waals surface area contributed by atoms with E-state index in [0.717, 1.165) is 92.9 Å². The number of aromatic nitrogens is 3. The standard InChI is InChI=1S/C47H53ClN10O8/c1-26(2)57-36-7-4-28(16-27(36)17-38(45(57)64)65-22-40(60)49-3)51-41-35(48)21-50-46(53-41)54-13-10-31(11-14-54)66-32-18-30(19-32)55-15-12-47(23-55)24-56(25-47)29-5-6-33-34(20-29)44(63)58(43(33)62)37-8-9-39(59)52-42(37)61/h4-7,16-17,20-21,26,30-32,37H,8-15,18-19,22-25H2,1-3H3,(H,49,60)(H,50,51,53)(H,52,59,61). The number of anilines is 4. The van der Waals surface area contributed by atoms with Crippen LogP contribution in [-0.4, -0.2) is 131 Å². The van der Waals surface area contributed by atoms with Crippen molar-refractivity contribution in [2.24, 2.45) is 5.41 Å². The number of likely N-dealkylation sites (N-methyl/N-ethyl adjacent to an activating group) is 1. The van der Waals surface area contributed by atoms with E-state index in [1.165, 1.54) is 7.05 Å². The average molecular weight is 921 g/mol. The van der Waals surface area contributed by atoms with E-state index in [0.29, 0.717) is 39.6 Å². The van der Waals surface area contributed by atoms with Gasteiger partial charge >= 0.3 is 0 Å². The number of amides is 5. The maximum Gasteiger partial charge on any atom is 0.293 e. The van der Waals surface area contributed by atoms with Crippen molar-refractivity contribution < 1.29 is 33.4 Å². The van der Waals surface area contributed by atoms with Gasteiger partial charge in [0, 0.05) is 80.5 Å². The predicted octanol–water partition coefficient (Wildman–Crippen LogP) is 4.02. The third-order valence-electron chi connectivity index (χ3n) is 14.2. The topological polar surface area (TPSA) is 201 Å². The van der Waals surface area contributed by atoms with Crippen LogP contribution in [0.1, 0.15) is 85.6 Å². The fourth-order valence-electron chi connectivity index (χ4n) is 10.5. The molecule has 2 aromatic heterocycles. The molecule has 5 aliphatic heterocycles. The van der Waals surface area contributed by atoms with Crippen molar-refractivity contribution in [1.29, 1.82) is 0 Å². The first kappa shape index (κ1) is 43.8. The Balaban J connectivity index is 0.690. The summed E-state index contributed by atoms with van der Waals surface area (Å²) in [4.78, 5) is 93.2. The number of benzene rings is 2. The number of carbonyl (C=O) groups excluding carboxylic acids is 5. The molecule has 3 N–H and O–H groups in total. The van der Waals surface area contributed by atoms with Gasteiger partial charge in [0.05, 0.1) is 35.0 Å². The summed E-state index contributed by atoms with van der Waals surface area (Å²) in [5, 5.41) is 9.21. The normalized spacial score (nSPS) is 23.0. The molecule has 6 aliphatic rings. The lowest BCUT2D eigenvalue weighted by molar-refractivity contribution is -0.136. The van der Waals surface area contributed by atoms with Crippen LogP contribution in [0.4, 0.5) is 23.1 Å². The number of nitrogens with one attached hydrogen (secondary N) is 3. The molecule has 2 aromatic carbocycles. The zero-order chi connectivity index (χ0) is 46.0. The van der Waals surface area contributed by atoms with Gasteiger partial charge in [-0.05, 0) is 101 Å². The SMILES string of the molecule is CNC(=O)COc1cc2cc(Nc3nc(N4CCC(OC5CC(N6CCC7(CN(c8ccc9c(c8)C(=O)N(C8CCC(=O)NC8=O)C9=O)C7)C6)C5)CC4)ncc3Cl)ccc2n(C(C)C)c1=O. The van der Waals surface area contributed by atoms with Gasteiger partial charge in [-0.1, -0.05) is 11.6 Å². The van der Waals surface area contributed by atoms with Gasteiger partial charge in [0.2, 0.25) is 17.8 Å². The van der Waals surface area contributed by atoms with Crippen molar-refractivity contribution >= 4 is 75.2 Å². The molecule has 1 spiro atoms. The Hall–Kier alpha value is -6.11. The summed E-state index contributed by atoms with van der Waals surface area (Å²) in [6.07, 6.45) is 7.12. The van der Waals surface area contributed by atoms with E-state index < -0.39 is 29.7 Å². The van der Waals surface area contributed by atoms with E-state index >= 15 is 0 Å². The number of hydrogen-bond donors (Lipinski definition) is 3. The van der Waals surface area contributed by atoms with Crippen LogP contribution in [0.2, 0.25) is 5.02 Å². The Bertz CT molecular complexity index is 2710. The zero-order valence-corrected chi connectivity index (χ0v) is 37.9. The molecule has 1 aliphatic carbocycles. The highest BCUT2D eigenvalue weighted by molar-refractivity contribution is 6.33. The number of piperidine rings is 2. The van der Waals surface area contributed by atoms with E-state index in [4.69, 9.17) is 26.1 Å². The minimum Gasteiger partial charge on any atom is -0.478 e. The van der Waals surface area contributed by atoms with E-state index in [9.17, 15) is 28.8 Å². The van der Waals surface area contributed by atoms with Crippen LogP contribution in [0.15, 0.2) is 53.5 Å². The van der Waals surface area contributed by atoms with Crippen LogP contribution in [0.25, 0.3) is 10.9 Å². The molecule has 346 valence electrons. The number of nitrogens with zero attached hydrogens (tertiary/aromatic N) is 7. The smallest absolute Gasteiger partial charge is 0.293 e. The van der Waals surface area contributed by atoms with Crippen molar-refractivity contribution in [3.05, 3.63) is 75.2 Å². The molecule has 1 saturated carbocycles. The number of halogens is 1. The van der Waals surface area contributed by atoms with Gasteiger partial charge in [-0.3, -0.25) is 43.9 Å². The molecule has 5 fully saturated rings. The number of carbonyl (C=O) groups is 5. The van der Waals surface area contributed by atoms with Crippen molar-refractivity contribution in [2.45, 2.75) is 89.1 Å². The number of likely N-dealkylation sites (tertiary alicyclic amines) is 1. The molecule has 7 heterocycles. The number of rotatable bonds is 12. The van der Waals surface area contributed by atoms with Crippen LogP contribution in [0, 0.1) is 5.41 Å². The Morgan fingerprint density at radius 1 is 0.924 bits per heavy atom. The van der Waals surface area contributed by atoms with Crippen molar-refractivity contribution in [1.82, 2.24) is 35.0 Å². The number of ether oxygens (including phenoxy) is 2. The Morgan fingerprint density at radius 3 is 2.44 bits per heavy atom. The quantitative estimate of drug-likeness (QED) is 0.172. The maximum absolute atomic E-state index is 13.4. The largest absolute Gasteiger partial charge is 0.478 e. The number of pyridine rings is 1. The lowest BCUT2D eigenvalue weighted by Gasteiger charge is -2.50. The molecule has 4 saturated heterocycles. The van der Waals surface area contributed by atoms with Crippen LogP contribution in [0.3, 0.4) is 0 Å². The fourth-order valence-corrected chi connectivity index (χ4v) is 10.7. The number of imide groups is 2. The first-order valence-electron chi connectivity index (χ1n) is 22.8. The van der Waals surface area contributed by atoms with Gasteiger partial charge in [-0.2, -0.15) is 4.98 Å². The average Bonchev–Trinajstić information content (AvgIpc) is 3.82. The second-order valence-corrected chi connectivity index (χ2v) is 19.2. The highest BCUT2D eigenvalue weighted by Gasteiger charge is 2.51. The monoisotopic (exact) mass is 920 g/mol. The number of hydrogen-bond acceptors (Lipinski definition) is 14. The van der Waals surface area contributed by atoms with E-state index in [2.05, 4.69) is 35.6 Å². The highest BCUT2D eigenvalue weighted by atomic mass is 35.5. The summed E-state index contributed by atoms with van der Waals surface area (Å²) in [7, 11) is 1.51. The molecule has 5 amide bonds. The highest BCUT2D eigenvalue weighted by Crippen LogP contribution is 2.45. The van der Waals surface area contributed by atoms with Gasteiger partial charge in [-0.25, -0.2) is 4.98 Å². The van der Waals surface area contributed by atoms with Gasteiger partial charge in [0.15, 0.2) is 18.2 Å². The lowest BCUT2D eigenvalue weighted by atomic mass is 9.78. The summed E-state index contributed by atoms with van der Waals surface area (Å²) >= 11 is 6.61. The zero-order valence-electron chi connectivity index (χ0n) is 37.2. The Kier molecular flexibility index (Phi) is 11.5. The Morgan fingerprint density at radius 2 is 1.70 bits per heavy atom. The van der Waals surface area contributed by atoms with Crippen molar-refractivity contribution in [2.75, 3.05) is 68.0 Å². The molecule has 0 bridgehead atoms. The van der Waals surface area contributed by atoms with E-state index in [1.807, 2.05) is 38.1 Å². The minimum atomic E-state index is -0.976. The first-order valence-corrected chi connectivity index (χ1v) is 23.2. The molecule has 1 unspecified atom stereocenters. The molecular formula is C47H53ClN10O8. The molecule has 19 heteroatoms. The third-order valence-corrected chi connectivity index (χ3v) is 14.4. The second kappa shape index (κ2) is 17.3. The first-order chi connectivity index (χ1) is 31.8. The van der Waals surface area contributed by atoms with Gasteiger partial charge < -0.3 is 34.5 Å². The van der Waals surface area contributed by atoms with Gasteiger partial charge in [-0.15, -0.1) is 0 Å². The van der Waals surface area contributed by atoms with E-state index in [1.54, 1.807) is 29.0 Å². The summed E-state index contributed by atoms with van der Waals surface area (Å²) in [5.74, 6) is -1.17. The van der Waals surface area contributed by atoms with Crippen LogP contribution < -0.4 is 36.0 Å². The van der Waals surface area contributed by atoms with Crippen molar-refractivity contribution in [3.8, 4) is 5.75 Å². The summed E-state index contributed by atoms with van der Waals surface area (Å²) in [6, 6.07) is 12.0. The number of fused-ring (bicyclic) bond motifs is 2. The molecule has 66 heavy (non-hydrogen) atoms. The third kappa shape index (κ3) is 8.12. The van der Waals surface area contributed by atoms with Crippen LogP contribution in [0.5, 0.6) is 5.75 Å². The summed E-state index contributed by atoms with van der Waals surface area (Å²) in [6.45, 7) is 8.92. The van der Waals surface area contributed by atoms with E-state index in [-0.39, 0.29) is 60.3 Å². The molecule has 18 nitrogen and oxygen atoms in total. The fraction of sp³-hybridized carbons (Fsp3) is 0.489. The Labute approximate surface area is 385 Å². The molecule has 10 rings (SSSR count). The van der Waals surface area contributed by atoms with Gasteiger partial charge in [0.1, 0.15) is 11.1 Å². The summed E-state index contributed by atoms with van der Waals surface area (Å²) < 4.78 is 13.9. The van der Waals surface area contributed by atoms with Crippen LogP contribution >= 0.6 is 11.6 Å². The van der Waals surface area contributed by atoms with Crippen LogP contribution in [-0.2, 0) is 19.1 Å². The molecule has 1 atom stereocenters. The molecular weight excluding hydrogens is 868 g/mol. The van der Waals surface area contributed by atoms with Crippen molar-refractivity contribution in [3.63, 3.8) is 0 Å². The lowest BCUT2D eigenvalue weighted by Crippen LogP contribution is -2.59. The molecule has 4 aromatic rings. The second-order valence-electron chi connectivity index (χ2n) is 18.8.